The van der Waals surface area contributed by atoms with Crippen LogP contribution in [0.25, 0.3) is 26.1 Å². The van der Waals surface area contributed by atoms with E-state index < -0.39 is 5.97 Å². The summed E-state index contributed by atoms with van der Waals surface area (Å²) in [6.07, 6.45) is 0. The van der Waals surface area contributed by atoms with E-state index in [4.69, 9.17) is 19.3 Å². The highest BCUT2D eigenvalue weighted by molar-refractivity contribution is 7.22. The van der Waals surface area contributed by atoms with Crippen LogP contribution in [0.3, 0.4) is 0 Å². The minimum absolute atomic E-state index is 0.199. The van der Waals surface area contributed by atoms with Crippen LogP contribution in [0.4, 0.5) is 0 Å². The van der Waals surface area contributed by atoms with Crippen molar-refractivity contribution in [3.05, 3.63) is 84.4 Å². The van der Waals surface area contributed by atoms with Crippen LogP contribution in [0.15, 0.2) is 73.3 Å². The molecule has 36 heavy (non-hydrogen) atoms. The van der Waals surface area contributed by atoms with E-state index in [0.717, 1.165) is 37.2 Å². The second-order valence-corrected chi connectivity index (χ2v) is 9.00. The van der Waals surface area contributed by atoms with E-state index in [2.05, 4.69) is 6.58 Å². The first-order chi connectivity index (χ1) is 17.4. The minimum Gasteiger partial charge on any atom is -0.508 e. The van der Waals surface area contributed by atoms with Crippen LogP contribution in [0.5, 0.6) is 17.2 Å². The maximum absolute atomic E-state index is 10.4. The lowest BCUT2D eigenvalue weighted by atomic mass is 9.94. The summed E-state index contributed by atoms with van der Waals surface area (Å²) >= 11 is 1.57. The molecule has 0 atom stereocenters. The van der Waals surface area contributed by atoms with Gasteiger partial charge in [-0.05, 0) is 71.3 Å². The van der Waals surface area contributed by atoms with Gasteiger partial charge in [-0.3, -0.25) is 0 Å². The maximum atomic E-state index is 10.4. The molecule has 8 heteroatoms. The number of aliphatic carboxylic acids is 1. The monoisotopic (exact) mass is 506 g/mol. The predicted molar refractivity (Wildman–Crippen MR) is 140 cm³/mol. The standard InChI is InChI=1S/C28H26O7S/c1-18(19-4-9-23(10-5-19)35-15-14-33-12-13-34-17-26(31)32)27-24-11-8-22(30)16-25(24)36-28(27)20-2-6-21(29)7-3-20/h2-11,16,29-30H,1,12-15,17H2,(H,31,32). The van der Waals surface area contributed by atoms with Crippen molar-refractivity contribution < 1.29 is 34.3 Å². The van der Waals surface area contributed by atoms with E-state index in [1.165, 1.54) is 0 Å². The number of benzene rings is 3. The highest BCUT2D eigenvalue weighted by Crippen LogP contribution is 2.44. The number of phenols is 2. The molecule has 0 aliphatic carbocycles. The van der Waals surface area contributed by atoms with Gasteiger partial charge in [0, 0.05) is 20.5 Å². The van der Waals surface area contributed by atoms with E-state index in [1.807, 2.05) is 42.5 Å². The Kier molecular flexibility index (Phi) is 8.22. The smallest absolute Gasteiger partial charge is 0.329 e. The van der Waals surface area contributed by atoms with Crippen molar-refractivity contribution in [1.82, 2.24) is 0 Å². The average Bonchev–Trinajstić information content (AvgIpc) is 3.24. The van der Waals surface area contributed by atoms with Crippen LogP contribution < -0.4 is 4.74 Å². The number of ether oxygens (including phenoxy) is 3. The zero-order chi connectivity index (χ0) is 25.5. The molecule has 0 fully saturated rings. The van der Waals surface area contributed by atoms with Gasteiger partial charge < -0.3 is 29.5 Å². The number of thiophene rings is 1. The van der Waals surface area contributed by atoms with Gasteiger partial charge in [-0.1, -0.05) is 18.7 Å². The van der Waals surface area contributed by atoms with Crippen LogP contribution in [0.2, 0.25) is 0 Å². The molecule has 7 nitrogen and oxygen atoms in total. The van der Waals surface area contributed by atoms with Crippen LogP contribution in [0, 0.1) is 0 Å². The Morgan fingerprint density at radius 2 is 1.50 bits per heavy atom. The maximum Gasteiger partial charge on any atom is 0.329 e. The number of rotatable bonds is 12. The largest absolute Gasteiger partial charge is 0.508 e. The Balaban J connectivity index is 1.44. The summed E-state index contributed by atoms with van der Waals surface area (Å²) in [6, 6.07) is 20.0. The third-order valence-electron chi connectivity index (χ3n) is 5.40. The highest BCUT2D eigenvalue weighted by Gasteiger charge is 2.18. The zero-order valence-electron chi connectivity index (χ0n) is 19.5. The quantitative estimate of drug-likeness (QED) is 0.217. The molecule has 1 aromatic heterocycles. The fourth-order valence-corrected chi connectivity index (χ4v) is 4.96. The Hall–Kier alpha value is -3.85. The molecule has 4 aromatic rings. The van der Waals surface area contributed by atoms with Crippen LogP contribution >= 0.6 is 11.3 Å². The molecular formula is C28H26O7S. The van der Waals surface area contributed by atoms with Crippen molar-refractivity contribution in [1.29, 1.82) is 0 Å². The molecular weight excluding hydrogens is 480 g/mol. The molecule has 4 rings (SSSR count). The van der Waals surface area contributed by atoms with Gasteiger partial charge in [-0.15, -0.1) is 11.3 Å². The molecule has 0 aliphatic heterocycles. The Morgan fingerprint density at radius 1 is 0.833 bits per heavy atom. The van der Waals surface area contributed by atoms with Crippen molar-refractivity contribution in [3.8, 4) is 27.7 Å². The number of fused-ring (bicyclic) bond motifs is 1. The highest BCUT2D eigenvalue weighted by atomic mass is 32.1. The lowest BCUT2D eigenvalue weighted by Crippen LogP contribution is -2.13. The number of aromatic hydroxyl groups is 2. The first-order valence-corrected chi connectivity index (χ1v) is 12.1. The summed E-state index contributed by atoms with van der Waals surface area (Å²) in [5, 5.41) is 29.2. The first kappa shape index (κ1) is 25.2. The van der Waals surface area contributed by atoms with Gasteiger partial charge in [0.1, 0.15) is 30.5 Å². The Bertz CT molecular complexity index is 1340. The lowest BCUT2D eigenvalue weighted by molar-refractivity contribution is -0.142. The lowest BCUT2D eigenvalue weighted by Gasteiger charge is -2.11. The first-order valence-electron chi connectivity index (χ1n) is 11.3. The van der Waals surface area contributed by atoms with Gasteiger partial charge in [-0.2, -0.15) is 0 Å². The second-order valence-electron chi connectivity index (χ2n) is 7.94. The van der Waals surface area contributed by atoms with E-state index in [0.29, 0.717) is 25.6 Å². The number of carbonyl (C=O) groups is 1. The third-order valence-corrected chi connectivity index (χ3v) is 6.60. The average molecular weight is 507 g/mol. The topological polar surface area (TPSA) is 105 Å². The molecule has 0 spiro atoms. The molecule has 3 aromatic carbocycles. The number of carboxylic acids is 1. The Labute approximate surface area is 212 Å². The van der Waals surface area contributed by atoms with Crippen molar-refractivity contribution >= 4 is 33.0 Å². The summed E-state index contributed by atoms with van der Waals surface area (Å²) < 4.78 is 16.9. The predicted octanol–water partition coefficient (Wildman–Crippen LogP) is 5.54. The van der Waals surface area contributed by atoms with E-state index >= 15 is 0 Å². The summed E-state index contributed by atoms with van der Waals surface area (Å²) in [5.41, 5.74) is 3.71. The number of phenolic OH excluding ortho intramolecular Hbond substituents is 2. The number of hydrogen-bond acceptors (Lipinski definition) is 7. The van der Waals surface area contributed by atoms with E-state index in [1.54, 1.807) is 35.6 Å². The van der Waals surface area contributed by atoms with E-state index in [9.17, 15) is 15.0 Å². The second kappa shape index (κ2) is 11.7. The van der Waals surface area contributed by atoms with Crippen molar-refractivity contribution in [2.45, 2.75) is 0 Å². The van der Waals surface area contributed by atoms with E-state index in [-0.39, 0.29) is 24.7 Å². The van der Waals surface area contributed by atoms with Crippen molar-refractivity contribution in [2.75, 3.05) is 33.0 Å². The Morgan fingerprint density at radius 3 is 2.22 bits per heavy atom. The fraction of sp³-hybridized carbons (Fsp3) is 0.179. The third kappa shape index (κ3) is 6.23. The fourth-order valence-electron chi connectivity index (χ4n) is 3.70. The van der Waals surface area contributed by atoms with Gasteiger partial charge in [0.15, 0.2) is 0 Å². The normalized spacial score (nSPS) is 11.0. The molecule has 0 saturated heterocycles. The molecule has 0 saturated carbocycles. The van der Waals surface area contributed by atoms with Crippen LogP contribution in [0.1, 0.15) is 11.1 Å². The van der Waals surface area contributed by atoms with Gasteiger partial charge in [-0.25, -0.2) is 4.79 Å². The SMILES string of the molecule is C=C(c1ccc(OCCOCCOCC(=O)O)cc1)c1c(-c2ccc(O)cc2)sc2cc(O)ccc12. The van der Waals surface area contributed by atoms with Crippen molar-refractivity contribution in [3.63, 3.8) is 0 Å². The number of carboxylic acid groups (broad SMARTS) is 1. The summed E-state index contributed by atoms with van der Waals surface area (Å²) in [5.74, 6) is 0.0884. The molecule has 0 amide bonds. The van der Waals surface area contributed by atoms with Gasteiger partial charge in [0.2, 0.25) is 0 Å². The van der Waals surface area contributed by atoms with Gasteiger partial charge in [0.05, 0.1) is 19.8 Å². The molecule has 186 valence electrons. The minimum atomic E-state index is -1.01. The van der Waals surface area contributed by atoms with Crippen molar-refractivity contribution in [2.24, 2.45) is 0 Å². The molecule has 1 heterocycles. The molecule has 0 bridgehead atoms. The summed E-state index contributed by atoms with van der Waals surface area (Å²) in [4.78, 5) is 11.4. The van der Waals surface area contributed by atoms with Gasteiger partial charge in [0.25, 0.3) is 0 Å². The summed E-state index contributed by atoms with van der Waals surface area (Å²) in [6.45, 7) is 5.26. The molecule has 0 radical (unpaired) electrons. The van der Waals surface area contributed by atoms with Crippen LogP contribution in [-0.2, 0) is 14.3 Å². The molecule has 0 unspecified atom stereocenters. The zero-order valence-corrected chi connectivity index (χ0v) is 20.3. The van der Waals surface area contributed by atoms with Crippen LogP contribution in [-0.4, -0.2) is 54.3 Å². The number of hydrogen-bond donors (Lipinski definition) is 3. The molecule has 0 aliphatic rings. The molecule has 3 N–H and O–H groups in total. The van der Waals surface area contributed by atoms with Gasteiger partial charge >= 0.3 is 5.97 Å². The summed E-state index contributed by atoms with van der Waals surface area (Å²) in [7, 11) is 0.